The molecule has 0 aliphatic carbocycles. The third kappa shape index (κ3) is 5.58. The molecular formula is C30H31N3OSi. The number of fused-ring (bicyclic) bond motifs is 2. The minimum Gasteiger partial charge on any atom is -0.360 e. The molecule has 0 aliphatic heterocycles. The highest BCUT2D eigenvalue weighted by Gasteiger charge is 2.14. The Morgan fingerprint density at radius 2 is 1.66 bits per heavy atom. The summed E-state index contributed by atoms with van der Waals surface area (Å²) in [5.74, 6) is 0. The van der Waals surface area contributed by atoms with Crippen LogP contribution in [0.1, 0.15) is 11.3 Å². The van der Waals surface area contributed by atoms with Crippen molar-refractivity contribution in [3.63, 3.8) is 0 Å². The van der Waals surface area contributed by atoms with Crippen molar-refractivity contribution in [2.75, 3.05) is 6.61 Å². The maximum Gasteiger partial charge on any atom is 0.140 e. The lowest BCUT2D eigenvalue weighted by molar-refractivity contribution is 0.0816. The first-order valence-electron chi connectivity index (χ1n) is 12.1. The van der Waals surface area contributed by atoms with E-state index in [4.69, 9.17) is 9.84 Å². The predicted molar refractivity (Wildman–Crippen MR) is 150 cm³/mol. The predicted octanol–water partition coefficient (Wildman–Crippen LogP) is 7.73. The number of pyridine rings is 1. The Hall–Kier alpha value is -3.54. The summed E-state index contributed by atoms with van der Waals surface area (Å²) in [7, 11) is -1.13. The Bertz CT molecular complexity index is 1480. The van der Waals surface area contributed by atoms with Gasteiger partial charge in [-0.25, -0.2) is 4.68 Å². The van der Waals surface area contributed by atoms with Crippen LogP contribution in [-0.2, 0) is 11.5 Å². The number of aromatic nitrogens is 3. The highest BCUT2D eigenvalue weighted by atomic mass is 28.3. The molecule has 5 aromatic rings. The molecule has 176 valence electrons. The standard InChI is InChI=1S/C30H31N3OSi/c1-35(2,3)18-17-34-22-33-30-14-12-26(25-11-10-24-15-16-31-21-27(24)19-25)20-28(30)29(32-33)13-9-23-7-5-4-6-8-23/h4-16,19-21H,17-18,22H2,1-3H3. The van der Waals surface area contributed by atoms with Crippen molar-refractivity contribution in [2.45, 2.75) is 32.4 Å². The van der Waals surface area contributed by atoms with Gasteiger partial charge in [0.1, 0.15) is 6.73 Å². The van der Waals surface area contributed by atoms with Crippen LogP contribution in [0.25, 0.3) is 45.0 Å². The van der Waals surface area contributed by atoms with Gasteiger partial charge in [-0.2, -0.15) is 5.10 Å². The second-order valence-corrected chi connectivity index (χ2v) is 15.8. The van der Waals surface area contributed by atoms with Crippen LogP contribution in [0.5, 0.6) is 0 Å². The van der Waals surface area contributed by atoms with E-state index in [0.29, 0.717) is 6.73 Å². The molecule has 3 aromatic carbocycles. The van der Waals surface area contributed by atoms with Gasteiger partial charge >= 0.3 is 0 Å². The van der Waals surface area contributed by atoms with Crippen LogP contribution in [0.3, 0.4) is 0 Å². The Labute approximate surface area is 207 Å². The van der Waals surface area contributed by atoms with Crippen molar-refractivity contribution in [2.24, 2.45) is 0 Å². The van der Waals surface area contributed by atoms with Crippen molar-refractivity contribution < 1.29 is 4.74 Å². The molecule has 2 aromatic heterocycles. The fraction of sp³-hybridized carbons (Fsp3) is 0.200. The number of hydrogen-bond acceptors (Lipinski definition) is 3. The second kappa shape index (κ2) is 9.98. The maximum absolute atomic E-state index is 6.05. The Morgan fingerprint density at radius 1 is 0.857 bits per heavy atom. The van der Waals surface area contributed by atoms with E-state index in [9.17, 15) is 0 Å². The molecule has 0 atom stereocenters. The van der Waals surface area contributed by atoms with Gasteiger partial charge in [0.15, 0.2) is 0 Å². The van der Waals surface area contributed by atoms with E-state index in [1.54, 1.807) is 0 Å². The molecular weight excluding hydrogens is 446 g/mol. The summed E-state index contributed by atoms with van der Waals surface area (Å²) in [6.07, 6.45) is 7.97. The first kappa shape index (κ1) is 23.2. The van der Waals surface area contributed by atoms with Gasteiger partial charge < -0.3 is 4.74 Å². The molecule has 0 unspecified atom stereocenters. The van der Waals surface area contributed by atoms with Crippen LogP contribution >= 0.6 is 0 Å². The van der Waals surface area contributed by atoms with Gasteiger partial charge in [-0.15, -0.1) is 0 Å². The van der Waals surface area contributed by atoms with Crippen LogP contribution in [0.2, 0.25) is 25.7 Å². The first-order valence-corrected chi connectivity index (χ1v) is 15.8. The number of rotatable bonds is 8. The average Bonchev–Trinajstić information content (AvgIpc) is 3.22. The summed E-state index contributed by atoms with van der Waals surface area (Å²) in [6, 6.07) is 26.6. The molecule has 0 saturated heterocycles. The summed E-state index contributed by atoms with van der Waals surface area (Å²) in [5.41, 5.74) is 5.51. The number of nitrogens with zero attached hydrogens (tertiary/aromatic N) is 3. The van der Waals surface area contributed by atoms with Crippen molar-refractivity contribution in [3.8, 4) is 11.1 Å². The minimum absolute atomic E-state index is 0.459. The second-order valence-electron chi connectivity index (χ2n) is 10.1. The monoisotopic (exact) mass is 477 g/mol. The Balaban J connectivity index is 1.51. The lowest BCUT2D eigenvalue weighted by Gasteiger charge is -2.15. The number of hydrogen-bond donors (Lipinski definition) is 0. The smallest absolute Gasteiger partial charge is 0.140 e. The Morgan fingerprint density at radius 3 is 2.49 bits per heavy atom. The van der Waals surface area contributed by atoms with Gasteiger partial charge in [0.05, 0.1) is 11.2 Å². The third-order valence-electron chi connectivity index (χ3n) is 6.20. The molecule has 4 nitrogen and oxygen atoms in total. The third-order valence-corrected chi connectivity index (χ3v) is 7.90. The van der Waals surface area contributed by atoms with E-state index in [1.165, 1.54) is 10.9 Å². The van der Waals surface area contributed by atoms with Crippen molar-refractivity contribution >= 4 is 41.9 Å². The van der Waals surface area contributed by atoms with Crippen LogP contribution < -0.4 is 0 Å². The SMILES string of the molecule is C[Si](C)(C)CCOCn1nc(C=Cc2ccccc2)c2cc(-c3ccc4ccncc4c3)ccc21. The van der Waals surface area contributed by atoms with Gasteiger partial charge in [-0.1, -0.05) is 74.2 Å². The zero-order valence-electron chi connectivity index (χ0n) is 20.6. The lowest BCUT2D eigenvalue weighted by atomic mass is 10.0. The van der Waals surface area contributed by atoms with Gasteiger partial charge in [-0.3, -0.25) is 4.98 Å². The van der Waals surface area contributed by atoms with E-state index in [1.807, 2.05) is 29.2 Å². The van der Waals surface area contributed by atoms with Gasteiger partial charge in [0, 0.05) is 37.8 Å². The summed E-state index contributed by atoms with van der Waals surface area (Å²) < 4.78 is 8.03. The molecule has 0 saturated carbocycles. The van der Waals surface area contributed by atoms with Crippen molar-refractivity contribution in [1.29, 1.82) is 0 Å². The molecule has 5 rings (SSSR count). The van der Waals surface area contributed by atoms with E-state index in [-0.39, 0.29) is 0 Å². The number of ether oxygens (including phenoxy) is 1. The van der Waals surface area contributed by atoms with Crippen molar-refractivity contribution in [1.82, 2.24) is 14.8 Å². The van der Waals surface area contributed by atoms with E-state index >= 15 is 0 Å². The summed E-state index contributed by atoms with van der Waals surface area (Å²) in [4.78, 5) is 4.28. The molecule has 0 amide bonds. The van der Waals surface area contributed by atoms with Crippen LogP contribution in [0, 0.1) is 0 Å². The van der Waals surface area contributed by atoms with Gasteiger partial charge in [0.25, 0.3) is 0 Å². The molecule has 0 radical (unpaired) electrons. The fourth-order valence-electron chi connectivity index (χ4n) is 4.14. The molecule has 2 heterocycles. The molecule has 0 spiro atoms. The molecule has 5 heteroatoms. The molecule has 35 heavy (non-hydrogen) atoms. The van der Waals surface area contributed by atoms with Gasteiger partial charge in [0.2, 0.25) is 0 Å². The topological polar surface area (TPSA) is 39.9 Å². The highest BCUT2D eigenvalue weighted by molar-refractivity contribution is 6.76. The van der Waals surface area contributed by atoms with Crippen LogP contribution in [0.4, 0.5) is 0 Å². The van der Waals surface area contributed by atoms with E-state index in [0.717, 1.165) is 45.8 Å². The average molecular weight is 478 g/mol. The van der Waals surface area contributed by atoms with Crippen LogP contribution in [-0.4, -0.2) is 29.4 Å². The molecule has 0 N–H and O–H groups in total. The fourth-order valence-corrected chi connectivity index (χ4v) is 4.90. The molecule has 0 bridgehead atoms. The van der Waals surface area contributed by atoms with Gasteiger partial charge in [-0.05, 0) is 58.5 Å². The normalized spacial score (nSPS) is 12.2. The van der Waals surface area contributed by atoms with E-state index < -0.39 is 8.07 Å². The Kier molecular flexibility index (Phi) is 6.62. The molecule has 0 aliphatic rings. The van der Waals surface area contributed by atoms with Crippen LogP contribution in [0.15, 0.2) is 85.2 Å². The van der Waals surface area contributed by atoms with E-state index in [2.05, 4.69) is 97.4 Å². The maximum atomic E-state index is 6.05. The summed E-state index contributed by atoms with van der Waals surface area (Å²) in [6.45, 7) is 8.35. The van der Waals surface area contributed by atoms with Crippen molar-refractivity contribution in [3.05, 3.63) is 96.4 Å². The summed E-state index contributed by atoms with van der Waals surface area (Å²) in [5, 5.41) is 8.38. The zero-order valence-corrected chi connectivity index (χ0v) is 21.6. The highest BCUT2D eigenvalue weighted by Crippen LogP contribution is 2.29. The summed E-state index contributed by atoms with van der Waals surface area (Å²) >= 11 is 0. The minimum atomic E-state index is -1.13. The first-order chi connectivity index (χ1) is 17.0. The lowest BCUT2D eigenvalue weighted by Crippen LogP contribution is -2.22. The largest absolute Gasteiger partial charge is 0.360 e. The zero-order chi connectivity index (χ0) is 24.3. The quantitative estimate of drug-likeness (QED) is 0.169. The molecule has 0 fully saturated rings. The number of benzene rings is 3.